The van der Waals surface area contributed by atoms with E-state index in [1.807, 2.05) is 11.9 Å². The van der Waals surface area contributed by atoms with E-state index in [-0.39, 0.29) is 18.4 Å². The van der Waals surface area contributed by atoms with Gasteiger partial charge in [0.15, 0.2) is 0 Å². The Morgan fingerprint density at radius 2 is 2.05 bits per heavy atom. The summed E-state index contributed by atoms with van der Waals surface area (Å²) in [6.07, 6.45) is 6.11. The van der Waals surface area contributed by atoms with E-state index in [2.05, 4.69) is 5.32 Å². The Balaban J connectivity index is 1.56. The van der Waals surface area contributed by atoms with Crippen molar-refractivity contribution < 1.29 is 9.59 Å². The van der Waals surface area contributed by atoms with E-state index in [9.17, 15) is 9.59 Å². The normalized spacial score (nSPS) is 33.8. The molecule has 3 saturated heterocycles. The zero-order valence-corrected chi connectivity index (χ0v) is 11.6. The van der Waals surface area contributed by atoms with Crippen LogP contribution in [0.15, 0.2) is 0 Å². The van der Waals surface area contributed by atoms with E-state index in [0.717, 1.165) is 25.8 Å². The van der Waals surface area contributed by atoms with E-state index >= 15 is 0 Å². The van der Waals surface area contributed by atoms with E-state index in [1.165, 1.54) is 12.8 Å². The van der Waals surface area contributed by atoms with Crippen LogP contribution in [-0.4, -0.2) is 59.9 Å². The van der Waals surface area contributed by atoms with E-state index in [4.69, 9.17) is 0 Å². The molecule has 3 heterocycles. The second-order valence-corrected chi connectivity index (χ2v) is 6.19. The van der Waals surface area contributed by atoms with Gasteiger partial charge < -0.3 is 15.1 Å². The van der Waals surface area contributed by atoms with Crippen LogP contribution < -0.4 is 5.32 Å². The molecule has 5 nitrogen and oxygen atoms in total. The number of likely N-dealkylation sites (N-methyl/N-ethyl adjacent to an activating group) is 1. The highest BCUT2D eigenvalue weighted by Gasteiger charge is 2.36. The second-order valence-electron chi connectivity index (χ2n) is 6.19. The van der Waals surface area contributed by atoms with Gasteiger partial charge in [-0.25, -0.2) is 0 Å². The van der Waals surface area contributed by atoms with E-state index in [0.29, 0.717) is 24.5 Å². The van der Waals surface area contributed by atoms with Gasteiger partial charge in [-0.05, 0) is 32.1 Å². The summed E-state index contributed by atoms with van der Waals surface area (Å²) in [4.78, 5) is 27.4. The molecule has 0 spiro atoms. The average Bonchev–Trinajstić information content (AvgIpc) is 2.95. The molecule has 5 heteroatoms. The number of rotatable bonds is 3. The molecule has 2 unspecified atom stereocenters. The fourth-order valence-electron chi connectivity index (χ4n) is 3.69. The molecule has 0 aromatic carbocycles. The van der Waals surface area contributed by atoms with Crippen molar-refractivity contribution in [2.75, 3.05) is 20.1 Å². The summed E-state index contributed by atoms with van der Waals surface area (Å²) in [5, 5.41) is 3.59. The molecule has 19 heavy (non-hydrogen) atoms. The van der Waals surface area contributed by atoms with Crippen LogP contribution in [0.3, 0.4) is 0 Å². The lowest BCUT2D eigenvalue weighted by molar-refractivity contribution is -0.139. The van der Waals surface area contributed by atoms with Gasteiger partial charge in [-0.1, -0.05) is 0 Å². The number of nitrogens with one attached hydrogen (secondary N) is 1. The number of likely N-dealkylation sites (tertiary alicyclic amines) is 1. The SMILES string of the molecule is CN(C(=O)CN1CCCC1=O)C1CC2CCC(C1)N2. The number of hydrogen-bond donors (Lipinski definition) is 1. The van der Waals surface area contributed by atoms with Crippen LogP contribution >= 0.6 is 0 Å². The molecule has 3 aliphatic rings. The van der Waals surface area contributed by atoms with E-state index in [1.54, 1.807) is 4.90 Å². The van der Waals surface area contributed by atoms with Crippen molar-refractivity contribution in [3.05, 3.63) is 0 Å². The molecule has 0 aromatic rings. The van der Waals surface area contributed by atoms with Crippen LogP contribution in [0.5, 0.6) is 0 Å². The molecule has 106 valence electrons. The Labute approximate surface area is 114 Å². The van der Waals surface area contributed by atoms with Crippen molar-refractivity contribution >= 4 is 11.8 Å². The average molecular weight is 265 g/mol. The van der Waals surface area contributed by atoms with Gasteiger partial charge in [0.05, 0.1) is 6.54 Å². The van der Waals surface area contributed by atoms with Gasteiger partial charge in [0.2, 0.25) is 11.8 Å². The maximum atomic E-state index is 12.3. The molecule has 2 atom stereocenters. The fraction of sp³-hybridized carbons (Fsp3) is 0.857. The van der Waals surface area contributed by atoms with Crippen LogP contribution in [0.2, 0.25) is 0 Å². The molecular weight excluding hydrogens is 242 g/mol. The van der Waals surface area contributed by atoms with Gasteiger partial charge in [0.1, 0.15) is 0 Å². The lowest BCUT2D eigenvalue weighted by Gasteiger charge is -2.36. The highest BCUT2D eigenvalue weighted by Crippen LogP contribution is 2.29. The van der Waals surface area contributed by atoms with Gasteiger partial charge in [0, 0.05) is 38.1 Å². The third kappa shape index (κ3) is 2.61. The number of fused-ring (bicyclic) bond motifs is 2. The van der Waals surface area contributed by atoms with Crippen molar-refractivity contribution in [1.82, 2.24) is 15.1 Å². The summed E-state index contributed by atoms with van der Waals surface area (Å²) in [7, 11) is 1.90. The lowest BCUT2D eigenvalue weighted by atomic mass is 9.98. The standard InChI is InChI=1S/C14H23N3O2/c1-16(12-7-10-4-5-11(8-12)15-10)14(19)9-17-6-2-3-13(17)18/h10-12,15H,2-9H2,1H3. The van der Waals surface area contributed by atoms with Gasteiger partial charge in [0.25, 0.3) is 0 Å². The summed E-state index contributed by atoms with van der Waals surface area (Å²) in [5.41, 5.74) is 0. The Hall–Kier alpha value is -1.10. The first-order chi connectivity index (χ1) is 9.13. The molecule has 0 radical (unpaired) electrons. The van der Waals surface area contributed by atoms with Crippen LogP contribution in [0, 0.1) is 0 Å². The van der Waals surface area contributed by atoms with Gasteiger partial charge in [-0.3, -0.25) is 9.59 Å². The summed E-state index contributed by atoms with van der Waals surface area (Å²) in [6.45, 7) is 1.02. The first kappa shape index (κ1) is 12.9. The minimum Gasteiger partial charge on any atom is -0.341 e. The van der Waals surface area contributed by atoms with Crippen LogP contribution in [0.4, 0.5) is 0 Å². The highest BCUT2D eigenvalue weighted by atomic mass is 16.2. The van der Waals surface area contributed by atoms with Crippen LogP contribution in [-0.2, 0) is 9.59 Å². The van der Waals surface area contributed by atoms with Crippen molar-refractivity contribution in [3.8, 4) is 0 Å². The predicted octanol–water partition coefficient (Wildman–Crippen LogP) is 0.350. The number of carbonyl (C=O) groups excluding carboxylic acids is 2. The summed E-state index contributed by atoms with van der Waals surface area (Å²) >= 11 is 0. The Bertz CT molecular complexity index is 373. The van der Waals surface area contributed by atoms with Gasteiger partial charge >= 0.3 is 0 Å². The monoisotopic (exact) mass is 265 g/mol. The quantitative estimate of drug-likeness (QED) is 0.801. The third-order valence-corrected chi connectivity index (χ3v) is 4.89. The molecule has 3 rings (SSSR count). The fourth-order valence-corrected chi connectivity index (χ4v) is 3.69. The number of piperidine rings is 1. The first-order valence-corrected chi connectivity index (χ1v) is 7.43. The van der Waals surface area contributed by atoms with Gasteiger partial charge in [-0.2, -0.15) is 0 Å². The van der Waals surface area contributed by atoms with Crippen molar-refractivity contribution in [2.45, 2.75) is 56.7 Å². The second kappa shape index (κ2) is 5.12. The van der Waals surface area contributed by atoms with Crippen molar-refractivity contribution in [3.63, 3.8) is 0 Å². The van der Waals surface area contributed by atoms with Crippen molar-refractivity contribution in [2.24, 2.45) is 0 Å². The third-order valence-electron chi connectivity index (χ3n) is 4.89. The molecule has 3 aliphatic heterocycles. The molecule has 2 amide bonds. The molecular formula is C14H23N3O2. The van der Waals surface area contributed by atoms with Crippen LogP contribution in [0.25, 0.3) is 0 Å². The number of carbonyl (C=O) groups is 2. The molecule has 0 saturated carbocycles. The Morgan fingerprint density at radius 3 is 2.63 bits per heavy atom. The summed E-state index contributed by atoms with van der Waals surface area (Å²) in [6, 6.07) is 1.53. The topological polar surface area (TPSA) is 52.7 Å². The summed E-state index contributed by atoms with van der Waals surface area (Å²) < 4.78 is 0. The van der Waals surface area contributed by atoms with Crippen molar-refractivity contribution in [1.29, 1.82) is 0 Å². The minimum absolute atomic E-state index is 0.0987. The highest BCUT2D eigenvalue weighted by molar-refractivity contribution is 5.85. The molecule has 0 aromatic heterocycles. The largest absolute Gasteiger partial charge is 0.341 e. The molecule has 1 N–H and O–H groups in total. The predicted molar refractivity (Wildman–Crippen MR) is 71.6 cm³/mol. The van der Waals surface area contributed by atoms with Gasteiger partial charge in [-0.15, -0.1) is 0 Å². The molecule has 3 fully saturated rings. The first-order valence-electron chi connectivity index (χ1n) is 7.43. The number of hydrogen-bond acceptors (Lipinski definition) is 3. The molecule has 0 aliphatic carbocycles. The number of nitrogens with zero attached hydrogens (tertiary/aromatic N) is 2. The maximum Gasteiger partial charge on any atom is 0.242 e. The smallest absolute Gasteiger partial charge is 0.242 e. The number of amides is 2. The zero-order chi connectivity index (χ0) is 13.4. The lowest BCUT2D eigenvalue weighted by Crippen LogP contribution is -2.50. The summed E-state index contributed by atoms with van der Waals surface area (Å²) in [5.74, 6) is 0.230. The zero-order valence-electron chi connectivity index (χ0n) is 11.6. The molecule has 2 bridgehead atoms. The minimum atomic E-state index is 0.0987. The van der Waals surface area contributed by atoms with Crippen LogP contribution in [0.1, 0.15) is 38.5 Å². The Morgan fingerprint density at radius 1 is 1.37 bits per heavy atom. The maximum absolute atomic E-state index is 12.3. The Kier molecular flexibility index (Phi) is 3.48. The van der Waals surface area contributed by atoms with E-state index < -0.39 is 0 Å².